The molecule has 82 valence electrons. The highest BCUT2D eigenvalue weighted by Gasteiger charge is 2.05. The molecular weight excluding hydrogens is 247 g/mol. The molecule has 2 rings (SSSR count). The van der Waals surface area contributed by atoms with Gasteiger partial charge in [0.05, 0.1) is 10.7 Å². The second-order valence-corrected chi connectivity index (χ2v) is 3.89. The topological polar surface area (TPSA) is 48.1 Å². The van der Waals surface area contributed by atoms with Crippen LogP contribution >= 0.6 is 23.2 Å². The molecule has 0 bridgehead atoms. The quantitative estimate of drug-likeness (QED) is 0.831. The maximum Gasteiger partial charge on any atom is 0.238 e. The molecule has 0 saturated carbocycles. The van der Waals surface area contributed by atoms with Crippen molar-refractivity contribution in [2.75, 3.05) is 5.73 Å². The third kappa shape index (κ3) is 2.38. The second kappa shape index (κ2) is 4.60. The first-order chi connectivity index (χ1) is 7.66. The summed E-state index contributed by atoms with van der Waals surface area (Å²) in [6, 6.07) is 8.40. The van der Waals surface area contributed by atoms with Crippen molar-refractivity contribution in [3.63, 3.8) is 0 Å². The zero-order chi connectivity index (χ0) is 11.5. The monoisotopic (exact) mass is 254 g/mol. The predicted molar refractivity (Wildman–Crippen MR) is 65.2 cm³/mol. The minimum absolute atomic E-state index is 0.338. The Labute approximate surface area is 103 Å². The fourth-order valence-corrected chi connectivity index (χ4v) is 1.46. The summed E-state index contributed by atoms with van der Waals surface area (Å²) >= 11 is 11.8. The zero-order valence-electron chi connectivity index (χ0n) is 8.15. The van der Waals surface area contributed by atoms with Crippen LogP contribution in [0.3, 0.4) is 0 Å². The van der Waals surface area contributed by atoms with Gasteiger partial charge in [-0.25, -0.2) is 4.98 Å². The second-order valence-electron chi connectivity index (χ2n) is 3.08. The average Bonchev–Trinajstić information content (AvgIpc) is 2.27. The van der Waals surface area contributed by atoms with Gasteiger partial charge in [0, 0.05) is 12.3 Å². The summed E-state index contributed by atoms with van der Waals surface area (Å²) in [5.41, 5.74) is 6.08. The molecule has 0 unspecified atom stereocenters. The molecule has 0 aliphatic heterocycles. The van der Waals surface area contributed by atoms with E-state index in [4.69, 9.17) is 33.7 Å². The summed E-state index contributed by atoms with van der Waals surface area (Å²) in [4.78, 5) is 4.00. The molecule has 1 aromatic heterocycles. The Hall–Kier alpha value is -1.45. The third-order valence-corrected chi connectivity index (χ3v) is 2.53. The molecule has 1 aromatic carbocycles. The van der Waals surface area contributed by atoms with Gasteiger partial charge in [0.1, 0.15) is 10.8 Å². The van der Waals surface area contributed by atoms with E-state index in [9.17, 15) is 0 Å². The number of hydrogen-bond donors (Lipinski definition) is 1. The molecule has 5 heteroatoms. The molecular formula is C11H8Cl2N2O. The van der Waals surface area contributed by atoms with Crippen molar-refractivity contribution >= 4 is 28.9 Å². The summed E-state index contributed by atoms with van der Waals surface area (Å²) in [7, 11) is 0. The van der Waals surface area contributed by atoms with Crippen molar-refractivity contribution in [3.8, 4) is 11.6 Å². The summed E-state index contributed by atoms with van der Waals surface area (Å²) in [6.45, 7) is 0. The van der Waals surface area contributed by atoms with E-state index in [0.717, 1.165) is 0 Å². The van der Waals surface area contributed by atoms with Gasteiger partial charge in [-0.2, -0.15) is 0 Å². The molecule has 0 spiro atoms. The highest BCUT2D eigenvalue weighted by molar-refractivity contribution is 6.33. The molecule has 1 heterocycles. The number of nitrogens with two attached hydrogens (primary N) is 1. The van der Waals surface area contributed by atoms with Crippen molar-refractivity contribution in [2.24, 2.45) is 0 Å². The minimum Gasteiger partial charge on any atom is -0.437 e. The van der Waals surface area contributed by atoms with Crippen LogP contribution in [0.5, 0.6) is 11.6 Å². The lowest BCUT2D eigenvalue weighted by Crippen LogP contribution is -1.90. The van der Waals surface area contributed by atoms with Crippen molar-refractivity contribution in [3.05, 3.63) is 46.6 Å². The van der Waals surface area contributed by atoms with Crippen molar-refractivity contribution < 1.29 is 4.74 Å². The molecule has 2 N–H and O–H groups in total. The average molecular weight is 255 g/mol. The van der Waals surface area contributed by atoms with Crippen molar-refractivity contribution in [1.82, 2.24) is 4.98 Å². The van der Waals surface area contributed by atoms with Crippen molar-refractivity contribution in [1.29, 1.82) is 0 Å². The Morgan fingerprint density at radius 2 is 1.94 bits per heavy atom. The molecule has 0 aliphatic carbocycles. The summed E-state index contributed by atoms with van der Waals surface area (Å²) in [6.07, 6.45) is 1.60. The predicted octanol–water partition coefficient (Wildman–Crippen LogP) is 3.76. The summed E-state index contributed by atoms with van der Waals surface area (Å²) in [5.74, 6) is 0.879. The van der Waals surface area contributed by atoms with Crippen LogP contribution < -0.4 is 10.5 Å². The van der Waals surface area contributed by atoms with Crippen LogP contribution in [0.4, 0.5) is 5.69 Å². The third-order valence-electron chi connectivity index (χ3n) is 1.91. The van der Waals surface area contributed by atoms with Crippen LogP contribution in [0.15, 0.2) is 36.5 Å². The minimum atomic E-state index is 0.338. The van der Waals surface area contributed by atoms with Crippen molar-refractivity contribution in [2.45, 2.75) is 0 Å². The van der Waals surface area contributed by atoms with Gasteiger partial charge >= 0.3 is 0 Å². The van der Waals surface area contributed by atoms with Gasteiger partial charge in [0.15, 0.2) is 0 Å². The van der Waals surface area contributed by atoms with Crippen LogP contribution in [-0.4, -0.2) is 4.98 Å². The molecule has 0 aliphatic rings. The van der Waals surface area contributed by atoms with E-state index in [-0.39, 0.29) is 0 Å². The largest absolute Gasteiger partial charge is 0.437 e. The number of nitrogens with zero attached hydrogens (tertiary/aromatic N) is 1. The zero-order valence-corrected chi connectivity index (χ0v) is 9.66. The van der Waals surface area contributed by atoms with Crippen LogP contribution in [-0.2, 0) is 0 Å². The van der Waals surface area contributed by atoms with Crippen LogP contribution in [0, 0.1) is 0 Å². The van der Waals surface area contributed by atoms with E-state index in [1.54, 1.807) is 36.5 Å². The number of benzene rings is 1. The molecule has 0 atom stereocenters. The van der Waals surface area contributed by atoms with Gasteiger partial charge in [-0.05, 0) is 24.3 Å². The molecule has 0 fully saturated rings. The van der Waals surface area contributed by atoms with Crippen LogP contribution in [0.1, 0.15) is 0 Å². The fourth-order valence-electron chi connectivity index (χ4n) is 1.13. The number of anilines is 1. The van der Waals surface area contributed by atoms with E-state index >= 15 is 0 Å². The van der Waals surface area contributed by atoms with Gasteiger partial charge in [0.2, 0.25) is 5.88 Å². The SMILES string of the molecule is Nc1ccc(Oc2ncccc2Cl)cc1Cl. The highest BCUT2D eigenvalue weighted by atomic mass is 35.5. The summed E-state index contributed by atoms with van der Waals surface area (Å²) in [5, 5.41) is 0.875. The first-order valence-corrected chi connectivity index (χ1v) is 5.26. The molecule has 2 aromatic rings. The standard InChI is InChI=1S/C11H8Cl2N2O/c12-8-2-1-5-15-11(8)16-7-3-4-10(14)9(13)6-7/h1-6H,14H2. The van der Waals surface area contributed by atoms with Gasteiger partial charge in [0.25, 0.3) is 0 Å². The Morgan fingerprint density at radius 3 is 2.62 bits per heavy atom. The van der Waals surface area contributed by atoms with E-state index in [1.807, 2.05) is 0 Å². The first kappa shape index (κ1) is 11.0. The van der Waals surface area contributed by atoms with Gasteiger partial charge < -0.3 is 10.5 Å². The van der Waals surface area contributed by atoms with E-state index in [2.05, 4.69) is 4.98 Å². The Kier molecular flexibility index (Phi) is 3.17. The number of ether oxygens (including phenoxy) is 1. The fraction of sp³-hybridized carbons (Fsp3) is 0. The Morgan fingerprint density at radius 1 is 1.12 bits per heavy atom. The van der Waals surface area contributed by atoms with E-state index < -0.39 is 0 Å². The number of rotatable bonds is 2. The number of pyridine rings is 1. The maximum absolute atomic E-state index is 5.90. The molecule has 0 amide bonds. The molecule has 16 heavy (non-hydrogen) atoms. The Bertz CT molecular complexity index is 517. The van der Waals surface area contributed by atoms with Gasteiger partial charge in [-0.3, -0.25) is 0 Å². The smallest absolute Gasteiger partial charge is 0.238 e. The van der Waals surface area contributed by atoms with Gasteiger partial charge in [-0.15, -0.1) is 0 Å². The molecule has 0 radical (unpaired) electrons. The van der Waals surface area contributed by atoms with Crippen LogP contribution in [0.25, 0.3) is 0 Å². The lowest BCUT2D eigenvalue weighted by atomic mass is 10.3. The number of halogens is 2. The molecule has 0 saturated heterocycles. The van der Waals surface area contributed by atoms with E-state index in [0.29, 0.717) is 27.4 Å². The molecule has 3 nitrogen and oxygen atoms in total. The number of aromatic nitrogens is 1. The highest BCUT2D eigenvalue weighted by Crippen LogP contribution is 2.30. The Balaban J connectivity index is 2.28. The number of nitrogen functional groups attached to an aromatic ring is 1. The first-order valence-electron chi connectivity index (χ1n) is 4.50. The normalized spacial score (nSPS) is 10.1. The summed E-state index contributed by atoms with van der Waals surface area (Å²) < 4.78 is 5.46. The lowest BCUT2D eigenvalue weighted by molar-refractivity contribution is 0.463. The van der Waals surface area contributed by atoms with E-state index in [1.165, 1.54) is 0 Å². The maximum atomic E-state index is 5.90. The number of hydrogen-bond acceptors (Lipinski definition) is 3. The van der Waals surface area contributed by atoms with Crippen LogP contribution in [0.2, 0.25) is 10.0 Å². The lowest BCUT2D eigenvalue weighted by Gasteiger charge is -2.06. The van der Waals surface area contributed by atoms with Gasteiger partial charge in [-0.1, -0.05) is 23.2 Å².